The van der Waals surface area contributed by atoms with Gasteiger partial charge in [-0.1, -0.05) is 0 Å². The van der Waals surface area contributed by atoms with Crippen molar-refractivity contribution in [1.82, 2.24) is 23.8 Å². The van der Waals surface area contributed by atoms with Crippen LogP contribution < -0.4 is 39.1 Å². The summed E-state index contributed by atoms with van der Waals surface area (Å²) >= 11 is 0. The predicted molar refractivity (Wildman–Crippen MR) is 60.6 cm³/mol. The summed E-state index contributed by atoms with van der Waals surface area (Å²) in [6.07, 6.45) is -2.01. The molecule has 2 atom stereocenters. The Balaban J connectivity index is -0.000000427. The molecule has 0 aliphatic carbocycles. The highest BCUT2D eigenvalue weighted by Gasteiger charge is 2.20. The molecule has 0 spiro atoms. The lowest BCUT2D eigenvalue weighted by Gasteiger charge is -2.26. The molecule has 0 aromatic rings. The van der Waals surface area contributed by atoms with E-state index >= 15 is 0 Å². The first kappa shape index (κ1) is 26.3. The van der Waals surface area contributed by atoms with Gasteiger partial charge in [0.2, 0.25) is 0 Å². The second-order valence-electron chi connectivity index (χ2n) is 3.08. The zero-order chi connectivity index (χ0) is 13.6. The van der Waals surface area contributed by atoms with Crippen molar-refractivity contribution in [3.8, 4) is 0 Å². The highest BCUT2D eigenvalue weighted by molar-refractivity contribution is 5.82. The van der Waals surface area contributed by atoms with Gasteiger partial charge in [0.25, 0.3) is 0 Å². The fourth-order valence-corrected chi connectivity index (χ4v) is 1.00. The van der Waals surface area contributed by atoms with E-state index in [9.17, 15) is 34.5 Å². The number of hydrogen-bond donors (Lipinski definition) is 5. The van der Waals surface area contributed by atoms with Gasteiger partial charge in [0.1, 0.15) is 0 Å². The number of carboxylic acid groups (broad SMARTS) is 4. The molecule has 0 heterocycles. The van der Waals surface area contributed by atoms with E-state index in [2.05, 4.69) is 0 Å². The maximum atomic E-state index is 10.5. The van der Waals surface area contributed by atoms with Gasteiger partial charge in [0.05, 0.1) is 30.4 Å². The van der Waals surface area contributed by atoms with Gasteiger partial charge in [-0.2, -0.15) is 0 Å². The SMILES string of the molecule is O=C([O-])CC(NC(CC(=O)O)C(=O)[O-])C(=O)[O-].[NH4+].[NH4+].[NH4+]. The molecule has 0 amide bonds. The van der Waals surface area contributed by atoms with Gasteiger partial charge in [-0.3, -0.25) is 4.79 Å². The number of carboxylic acids is 4. The van der Waals surface area contributed by atoms with E-state index in [4.69, 9.17) is 5.11 Å². The monoisotopic (exact) mass is 300 g/mol. The zero-order valence-corrected chi connectivity index (χ0v) is 11.4. The summed E-state index contributed by atoms with van der Waals surface area (Å²) in [7, 11) is 0. The predicted octanol–water partition coefficient (Wildman–Crippen LogP) is -4.44. The molecule has 0 rings (SSSR count). The molecule has 120 valence electrons. The van der Waals surface area contributed by atoms with Crippen molar-refractivity contribution in [2.24, 2.45) is 0 Å². The maximum Gasteiger partial charge on any atom is 0.305 e. The van der Waals surface area contributed by atoms with Crippen LogP contribution in [0.3, 0.4) is 0 Å². The zero-order valence-electron chi connectivity index (χ0n) is 11.4. The summed E-state index contributed by atoms with van der Waals surface area (Å²) in [6.45, 7) is 0. The third-order valence-electron chi connectivity index (χ3n) is 1.72. The number of carbonyl (C=O) groups is 4. The van der Waals surface area contributed by atoms with Crippen LogP contribution in [0.1, 0.15) is 12.8 Å². The fraction of sp³-hybridized carbons (Fsp3) is 0.500. The van der Waals surface area contributed by atoms with Crippen LogP contribution in [0.2, 0.25) is 0 Å². The first-order valence-electron chi connectivity index (χ1n) is 4.33. The molecular formula is C8H20N4O8. The number of hydrogen-bond acceptors (Lipinski definition) is 8. The Morgan fingerprint density at radius 1 is 0.850 bits per heavy atom. The molecule has 0 radical (unpaired) electrons. The van der Waals surface area contributed by atoms with Crippen LogP contribution in [0.5, 0.6) is 0 Å². The Morgan fingerprint density at radius 2 is 1.20 bits per heavy atom. The lowest BCUT2D eigenvalue weighted by molar-refractivity contribution is -0.319. The molecular weight excluding hydrogens is 280 g/mol. The first-order chi connectivity index (χ1) is 7.73. The molecule has 0 aliphatic heterocycles. The minimum Gasteiger partial charge on any atom is -0.550 e. The Morgan fingerprint density at radius 3 is 1.45 bits per heavy atom. The summed E-state index contributed by atoms with van der Waals surface area (Å²) in [5.74, 6) is -7.01. The Labute approximate surface area is 113 Å². The largest absolute Gasteiger partial charge is 0.550 e. The van der Waals surface area contributed by atoms with E-state index < -0.39 is 48.8 Å². The number of rotatable bonds is 8. The van der Waals surface area contributed by atoms with Gasteiger partial charge in [0.15, 0.2) is 0 Å². The Bertz CT molecular complexity index is 315. The average Bonchev–Trinajstić information content (AvgIpc) is 2.13. The molecule has 0 saturated heterocycles. The smallest absolute Gasteiger partial charge is 0.305 e. The molecule has 0 aliphatic rings. The Hall–Kier alpha value is -2.28. The van der Waals surface area contributed by atoms with Crippen LogP contribution in [0.25, 0.3) is 0 Å². The van der Waals surface area contributed by atoms with Gasteiger partial charge in [0, 0.05) is 12.4 Å². The number of aliphatic carboxylic acids is 4. The summed E-state index contributed by atoms with van der Waals surface area (Å²) in [4.78, 5) is 41.3. The molecule has 0 fully saturated rings. The van der Waals surface area contributed by atoms with Crippen molar-refractivity contribution < 1.29 is 39.6 Å². The van der Waals surface area contributed by atoms with Gasteiger partial charge < -0.3 is 58.6 Å². The molecule has 12 nitrogen and oxygen atoms in total. The minimum absolute atomic E-state index is 0. The Kier molecular flexibility index (Phi) is 15.5. The fourth-order valence-electron chi connectivity index (χ4n) is 1.00. The van der Waals surface area contributed by atoms with E-state index in [-0.39, 0.29) is 18.5 Å². The van der Waals surface area contributed by atoms with Gasteiger partial charge in [-0.15, -0.1) is 0 Å². The standard InChI is InChI=1S/C8H11NO8.3H3N/c10-5(11)1-3(7(14)15)9-4(8(16)17)2-6(12)13;;;/h3-4,9H,1-2H2,(H,10,11)(H,12,13)(H,14,15)(H,16,17);3*1H3. The van der Waals surface area contributed by atoms with Gasteiger partial charge in [-0.25, -0.2) is 0 Å². The van der Waals surface area contributed by atoms with Crippen LogP contribution in [-0.4, -0.2) is 41.1 Å². The number of quaternary nitrogens is 3. The minimum atomic E-state index is -1.88. The lowest BCUT2D eigenvalue weighted by Crippen LogP contribution is -2.56. The summed E-state index contributed by atoms with van der Waals surface area (Å²) in [5, 5.41) is 41.2. The molecule has 0 aromatic heterocycles. The second kappa shape index (κ2) is 11.8. The summed E-state index contributed by atoms with van der Waals surface area (Å²) < 4.78 is 0. The molecule has 14 N–H and O–H groups in total. The van der Waals surface area contributed by atoms with E-state index in [1.54, 1.807) is 5.32 Å². The number of nitrogens with one attached hydrogen (secondary N) is 1. The van der Waals surface area contributed by atoms with Gasteiger partial charge >= 0.3 is 5.97 Å². The highest BCUT2D eigenvalue weighted by Crippen LogP contribution is 1.97. The normalized spacial score (nSPS) is 11.6. The van der Waals surface area contributed by atoms with Crippen molar-refractivity contribution in [1.29, 1.82) is 0 Å². The van der Waals surface area contributed by atoms with E-state index in [1.807, 2.05) is 0 Å². The van der Waals surface area contributed by atoms with Gasteiger partial charge in [-0.05, 0) is 0 Å². The summed E-state index contributed by atoms with van der Waals surface area (Å²) in [6, 6.07) is -3.71. The topological polar surface area (TPSA) is 279 Å². The third kappa shape index (κ3) is 10.8. The van der Waals surface area contributed by atoms with Crippen LogP contribution in [-0.2, 0) is 19.2 Å². The van der Waals surface area contributed by atoms with E-state index in [0.717, 1.165) is 0 Å². The number of carbonyl (C=O) groups excluding carboxylic acids is 3. The lowest BCUT2D eigenvalue weighted by atomic mass is 10.1. The molecule has 2 unspecified atom stereocenters. The average molecular weight is 300 g/mol. The van der Waals surface area contributed by atoms with Crippen molar-refractivity contribution in [2.45, 2.75) is 24.9 Å². The van der Waals surface area contributed by atoms with Crippen molar-refractivity contribution in [2.75, 3.05) is 0 Å². The molecule has 0 aromatic carbocycles. The van der Waals surface area contributed by atoms with Crippen LogP contribution in [0.4, 0.5) is 0 Å². The van der Waals surface area contributed by atoms with Crippen molar-refractivity contribution in [3.05, 3.63) is 0 Å². The van der Waals surface area contributed by atoms with E-state index in [1.165, 1.54) is 0 Å². The molecule has 0 bridgehead atoms. The third-order valence-corrected chi connectivity index (χ3v) is 1.72. The van der Waals surface area contributed by atoms with Crippen LogP contribution in [0.15, 0.2) is 0 Å². The van der Waals surface area contributed by atoms with Crippen LogP contribution >= 0.6 is 0 Å². The van der Waals surface area contributed by atoms with Crippen LogP contribution in [0, 0.1) is 0 Å². The quantitative estimate of drug-likeness (QED) is 0.288. The molecule has 20 heavy (non-hydrogen) atoms. The maximum absolute atomic E-state index is 10.5. The molecule has 12 heteroatoms. The van der Waals surface area contributed by atoms with Crippen molar-refractivity contribution in [3.63, 3.8) is 0 Å². The van der Waals surface area contributed by atoms with Crippen molar-refractivity contribution >= 4 is 23.9 Å². The highest BCUT2D eigenvalue weighted by atomic mass is 16.4. The summed E-state index contributed by atoms with van der Waals surface area (Å²) in [5.41, 5.74) is 0. The first-order valence-corrected chi connectivity index (χ1v) is 4.33. The molecule has 0 saturated carbocycles. The second-order valence-corrected chi connectivity index (χ2v) is 3.08. The van der Waals surface area contributed by atoms with E-state index in [0.29, 0.717) is 0 Å².